The summed E-state index contributed by atoms with van der Waals surface area (Å²) in [5.41, 5.74) is 2.14. The maximum absolute atomic E-state index is 12.9. The monoisotopic (exact) mass is 389 g/mol. The average molecular weight is 389 g/mol. The van der Waals surface area contributed by atoms with Gasteiger partial charge in [-0.15, -0.1) is 0 Å². The topological polar surface area (TPSA) is 79.5 Å². The van der Waals surface area contributed by atoms with Gasteiger partial charge in [0.1, 0.15) is 12.8 Å². The smallest absolute Gasteiger partial charge is 0.196 e. The number of nitrogens with one attached hydrogen (secondary N) is 1. The van der Waals surface area contributed by atoms with E-state index in [9.17, 15) is 14.7 Å². The summed E-state index contributed by atoms with van der Waals surface area (Å²) in [7, 11) is 0. The van der Waals surface area contributed by atoms with Gasteiger partial charge in [0.05, 0.1) is 12.2 Å². The van der Waals surface area contributed by atoms with Crippen molar-refractivity contribution in [1.29, 1.82) is 0 Å². The molecular weight excluding hydrogens is 368 g/mol. The zero-order valence-corrected chi connectivity index (χ0v) is 15.7. The minimum atomic E-state index is -0.663. The van der Waals surface area contributed by atoms with Crippen LogP contribution in [0.25, 0.3) is 0 Å². The minimum absolute atomic E-state index is 0.107. The molecule has 2 aromatic carbocycles. The first kappa shape index (κ1) is 19.0. The number of ether oxygens (including phenoxy) is 1. The minimum Gasteiger partial charge on any atom is -0.384 e. The molecule has 146 valence electrons. The Bertz CT molecular complexity index is 1050. The number of hydrogen-bond donors (Lipinski definition) is 2. The van der Waals surface area contributed by atoms with Crippen LogP contribution >= 0.6 is 0 Å². The molecule has 0 aliphatic heterocycles. The summed E-state index contributed by atoms with van der Waals surface area (Å²) < 4.78 is 7.40. The summed E-state index contributed by atoms with van der Waals surface area (Å²) in [6, 6.07) is 17.7. The van der Waals surface area contributed by atoms with Crippen LogP contribution in [0.2, 0.25) is 0 Å². The average Bonchev–Trinajstić information content (AvgIpc) is 2.75. The van der Waals surface area contributed by atoms with Gasteiger partial charge in [-0.1, -0.05) is 42.5 Å². The fourth-order valence-electron chi connectivity index (χ4n) is 3.47. The van der Waals surface area contributed by atoms with Gasteiger partial charge in [0.2, 0.25) is 0 Å². The summed E-state index contributed by atoms with van der Waals surface area (Å²) in [5, 5.41) is 13.2. The number of anilines is 1. The number of carbonyl (C=O) groups excluding carboxylic acids is 2. The molecule has 0 bridgehead atoms. The Labute approximate surface area is 168 Å². The zero-order valence-electron chi connectivity index (χ0n) is 15.7. The molecule has 4 rings (SSSR count). The van der Waals surface area contributed by atoms with Gasteiger partial charge in [-0.25, -0.2) is 4.57 Å². The molecule has 1 atom stereocenters. The first-order valence-electron chi connectivity index (χ1n) is 9.40. The van der Waals surface area contributed by atoms with Crippen molar-refractivity contribution in [1.82, 2.24) is 0 Å². The Morgan fingerprint density at radius 2 is 1.55 bits per heavy atom. The second-order valence-electron chi connectivity index (χ2n) is 6.85. The molecule has 2 N–H and O–H groups in total. The SMILES string of the molecule is O=C1c2ccccc2C(=O)c2c(NCOCC(O)C[n+]3ccccc3)cccc21. The molecule has 1 aromatic heterocycles. The van der Waals surface area contributed by atoms with E-state index < -0.39 is 6.10 Å². The number of nitrogens with zero attached hydrogens (tertiary/aromatic N) is 1. The maximum Gasteiger partial charge on any atom is 0.196 e. The van der Waals surface area contributed by atoms with Gasteiger partial charge in [0.15, 0.2) is 30.5 Å². The third kappa shape index (κ3) is 3.94. The molecule has 3 aromatic rings. The van der Waals surface area contributed by atoms with Crippen molar-refractivity contribution in [2.45, 2.75) is 12.6 Å². The summed E-state index contributed by atoms with van der Waals surface area (Å²) in [4.78, 5) is 25.7. The molecule has 0 saturated carbocycles. The Morgan fingerprint density at radius 1 is 0.862 bits per heavy atom. The molecule has 1 unspecified atom stereocenters. The molecule has 6 heteroatoms. The van der Waals surface area contributed by atoms with Crippen molar-refractivity contribution in [2.24, 2.45) is 0 Å². The molecule has 0 spiro atoms. The number of aliphatic hydroxyl groups is 1. The van der Waals surface area contributed by atoms with Gasteiger partial charge in [-0.3, -0.25) is 9.59 Å². The summed E-state index contributed by atoms with van der Waals surface area (Å²) in [6.07, 6.45) is 3.08. The number of rotatable bonds is 7. The summed E-state index contributed by atoms with van der Waals surface area (Å²) >= 11 is 0. The molecular formula is C23H21N2O4+. The first-order valence-corrected chi connectivity index (χ1v) is 9.40. The van der Waals surface area contributed by atoms with Gasteiger partial charge >= 0.3 is 0 Å². The fourth-order valence-corrected chi connectivity index (χ4v) is 3.47. The van der Waals surface area contributed by atoms with E-state index in [0.29, 0.717) is 34.5 Å². The number of hydrogen-bond acceptors (Lipinski definition) is 5. The predicted octanol–water partition coefficient (Wildman–Crippen LogP) is 2.20. The van der Waals surface area contributed by atoms with Crippen LogP contribution in [0.15, 0.2) is 73.1 Å². The number of aromatic nitrogens is 1. The van der Waals surface area contributed by atoms with Gasteiger partial charge in [-0.2, -0.15) is 0 Å². The van der Waals surface area contributed by atoms with Crippen molar-refractivity contribution in [2.75, 3.05) is 18.7 Å². The lowest BCUT2D eigenvalue weighted by Crippen LogP contribution is -2.40. The molecule has 0 fully saturated rings. The molecule has 0 radical (unpaired) electrons. The van der Waals surface area contributed by atoms with E-state index in [0.717, 1.165) is 0 Å². The molecule has 29 heavy (non-hydrogen) atoms. The summed E-state index contributed by atoms with van der Waals surface area (Å²) in [5.74, 6) is -0.339. The van der Waals surface area contributed by atoms with Crippen LogP contribution in [0.3, 0.4) is 0 Å². The van der Waals surface area contributed by atoms with Crippen molar-refractivity contribution in [3.63, 3.8) is 0 Å². The molecule has 1 aliphatic rings. The van der Waals surface area contributed by atoms with E-state index in [1.807, 2.05) is 35.2 Å². The van der Waals surface area contributed by atoms with E-state index in [4.69, 9.17) is 4.74 Å². The number of pyridine rings is 1. The van der Waals surface area contributed by atoms with Crippen molar-refractivity contribution in [3.05, 3.63) is 95.3 Å². The van der Waals surface area contributed by atoms with Crippen LogP contribution < -0.4 is 9.88 Å². The van der Waals surface area contributed by atoms with E-state index in [-0.39, 0.29) is 24.9 Å². The normalized spacial score (nSPS) is 13.6. The van der Waals surface area contributed by atoms with E-state index in [2.05, 4.69) is 5.32 Å². The van der Waals surface area contributed by atoms with Crippen LogP contribution in [0.1, 0.15) is 31.8 Å². The first-order chi connectivity index (χ1) is 14.1. The van der Waals surface area contributed by atoms with E-state index in [1.54, 1.807) is 42.5 Å². The zero-order chi connectivity index (χ0) is 20.2. The molecule has 0 amide bonds. The third-order valence-electron chi connectivity index (χ3n) is 4.83. The van der Waals surface area contributed by atoms with Crippen molar-refractivity contribution >= 4 is 17.3 Å². The Hall–Kier alpha value is -3.35. The molecule has 6 nitrogen and oxygen atoms in total. The summed E-state index contributed by atoms with van der Waals surface area (Å²) in [6.45, 7) is 0.668. The lowest BCUT2D eigenvalue weighted by Gasteiger charge is -2.20. The number of carbonyl (C=O) groups is 2. The van der Waals surface area contributed by atoms with Gasteiger partial charge in [0.25, 0.3) is 0 Å². The highest BCUT2D eigenvalue weighted by atomic mass is 16.5. The number of fused-ring (bicyclic) bond motifs is 2. The van der Waals surface area contributed by atoms with Gasteiger partial charge in [-0.05, 0) is 6.07 Å². The number of aliphatic hydroxyl groups excluding tert-OH is 1. The Kier molecular flexibility index (Phi) is 5.46. The Morgan fingerprint density at radius 3 is 2.31 bits per heavy atom. The van der Waals surface area contributed by atoms with Crippen LogP contribution in [0.5, 0.6) is 0 Å². The second-order valence-corrected chi connectivity index (χ2v) is 6.85. The highest BCUT2D eigenvalue weighted by Gasteiger charge is 2.31. The largest absolute Gasteiger partial charge is 0.384 e. The highest BCUT2D eigenvalue weighted by Crippen LogP contribution is 2.31. The molecule has 1 aliphatic carbocycles. The van der Waals surface area contributed by atoms with Crippen molar-refractivity contribution < 1.29 is 24.0 Å². The van der Waals surface area contributed by atoms with Crippen LogP contribution in [-0.4, -0.2) is 36.1 Å². The second kappa shape index (κ2) is 8.34. The van der Waals surface area contributed by atoms with Crippen molar-refractivity contribution in [3.8, 4) is 0 Å². The van der Waals surface area contributed by atoms with E-state index >= 15 is 0 Å². The lowest BCUT2D eigenvalue weighted by molar-refractivity contribution is -0.703. The third-order valence-corrected chi connectivity index (χ3v) is 4.83. The number of ketones is 2. The van der Waals surface area contributed by atoms with Crippen LogP contribution in [0.4, 0.5) is 5.69 Å². The standard InChI is InChI=1S/C23H20N2O4/c26-16(13-25-11-4-1-5-12-25)14-29-15-24-20-10-6-9-19-21(20)23(28)18-8-3-2-7-17(18)22(19)27/h1-12,16,26H,13-15H2/p+1. The van der Waals surface area contributed by atoms with Gasteiger partial charge < -0.3 is 15.2 Å². The van der Waals surface area contributed by atoms with Crippen LogP contribution in [-0.2, 0) is 11.3 Å². The maximum atomic E-state index is 12.9. The number of benzene rings is 2. The Balaban J connectivity index is 1.41. The van der Waals surface area contributed by atoms with Crippen LogP contribution in [0, 0.1) is 0 Å². The lowest BCUT2D eigenvalue weighted by atomic mass is 9.83. The molecule has 0 saturated heterocycles. The quantitative estimate of drug-likeness (QED) is 0.288. The predicted molar refractivity (Wildman–Crippen MR) is 107 cm³/mol. The van der Waals surface area contributed by atoms with E-state index in [1.165, 1.54) is 0 Å². The fraction of sp³-hybridized carbons (Fsp3) is 0.174. The molecule has 1 heterocycles. The highest BCUT2D eigenvalue weighted by molar-refractivity contribution is 6.30. The van der Waals surface area contributed by atoms with Gasteiger partial charge in [0, 0.05) is 34.5 Å².